The van der Waals surface area contributed by atoms with Crippen LogP contribution in [0.15, 0.2) is 420 Å². The summed E-state index contributed by atoms with van der Waals surface area (Å²) in [5.41, 5.74) is 29.7. The van der Waals surface area contributed by atoms with Crippen molar-refractivity contribution < 1.29 is 0 Å². The second kappa shape index (κ2) is 27.3. The average molecular weight is 1650 g/mol. The maximum Gasteiger partial charge on any atom is 0.163 e. The van der Waals surface area contributed by atoms with Crippen LogP contribution in [0.3, 0.4) is 0 Å². The SMILES string of the molecule is c1ccc(-n2c3ccccc3c3c2ccc2c4c5c6cccnc6c6nccn6c5ccc4n(-c4ccccc4)c23)cc1.c1ccc(-n2c3ccccc3c3c4c5cccnc5c5nccn5c4c4c(c5ccccc5n4-c4ccccc4)c32)cc1.c1ccc(-n2c3ccccc3c3c4c5cccnc5c5nccn5c4c4c5ccccc5n(-c5ccccc5)c4c32)cc1. The fourth-order valence-corrected chi connectivity index (χ4v) is 21.9. The molecule has 0 unspecified atom stereocenters. The smallest absolute Gasteiger partial charge is 0.163 e. The number of para-hydroxylation sites is 11. The van der Waals surface area contributed by atoms with Gasteiger partial charge in [0, 0.05) is 187 Å². The van der Waals surface area contributed by atoms with E-state index in [4.69, 9.17) is 29.9 Å². The summed E-state index contributed by atoms with van der Waals surface area (Å²) in [6, 6.07) is 130. The van der Waals surface area contributed by atoms with E-state index in [-0.39, 0.29) is 0 Å². The minimum Gasteiger partial charge on any atom is -0.309 e. The molecule has 0 fully saturated rings. The van der Waals surface area contributed by atoms with Gasteiger partial charge in [-0.1, -0.05) is 224 Å². The molecule has 15 nitrogen and oxygen atoms in total. The minimum atomic E-state index is 0.861. The highest BCUT2D eigenvalue weighted by Gasteiger charge is 2.32. The molecule has 0 amide bonds. The first-order chi connectivity index (χ1) is 64.2. The van der Waals surface area contributed by atoms with E-state index in [1.54, 1.807) is 0 Å². The van der Waals surface area contributed by atoms with Crippen molar-refractivity contribution in [2.75, 3.05) is 0 Å². The zero-order valence-electron chi connectivity index (χ0n) is 69.0. The fraction of sp³-hybridized carbons (Fsp3) is 0. The van der Waals surface area contributed by atoms with Crippen LogP contribution >= 0.6 is 0 Å². The molecule has 0 saturated carbocycles. The lowest BCUT2D eigenvalue weighted by Gasteiger charge is -2.15. The monoisotopic (exact) mass is 1650 g/mol. The van der Waals surface area contributed by atoms with Gasteiger partial charge in [0.05, 0.1) is 82.8 Å². The highest BCUT2D eigenvalue weighted by atomic mass is 15.1. The summed E-state index contributed by atoms with van der Waals surface area (Å²) in [6.07, 6.45) is 17.5. The number of pyridine rings is 6. The molecule has 0 bridgehead atoms. The van der Waals surface area contributed by atoms with Crippen molar-refractivity contribution in [2.24, 2.45) is 0 Å². The van der Waals surface area contributed by atoms with Crippen LogP contribution in [-0.4, -0.2) is 70.5 Å². The number of hydrogen-bond donors (Lipinski definition) is 0. The van der Waals surface area contributed by atoms with Crippen molar-refractivity contribution in [3.8, 4) is 34.1 Å². The Balaban J connectivity index is 0.0000000976. The van der Waals surface area contributed by atoms with Gasteiger partial charge in [-0.25, -0.2) is 15.0 Å². The predicted octanol–water partition coefficient (Wildman–Crippen LogP) is 27.7. The van der Waals surface area contributed by atoms with Crippen molar-refractivity contribution in [1.82, 2.24) is 70.5 Å². The van der Waals surface area contributed by atoms with Crippen LogP contribution in [-0.2, 0) is 0 Å². The van der Waals surface area contributed by atoms with E-state index in [0.717, 1.165) is 106 Å². The van der Waals surface area contributed by atoms with Crippen LogP contribution in [0.5, 0.6) is 0 Å². The van der Waals surface area contributed by atoms with Gasteiger partial charge in [-0.2, -0.15) is 0 Å². The number of benzene rings is 15. The summed E-state index contributed by atoms with van der Waals surface area (Å²) >= 11 is 0. The third-order valence-electron chi connectivity index (χ3n) is 26.7. The van der Waals surface area contributed by atoms with E-state index >= 15 is 0 Å². The number of aromatic nitrogens is 15. The molecule has 30 aromatic rings. The van der Waals surface area contributed by atoms with E-state index in [1.165, 1.54) is 141 Å². The third kappa shape index (κ3) is 9.83. The first-order valence-corrected chi connectivity index (χ1v) is 43.6. The zero-order chi connectivity index (χ0) is 84.2. The molecule has 600 valence electrons. The Hall–Kier alpha value is -17.8. The number of rotatable bonds is 6. The summed E-state index contributed by atoms with van der Waals surface area (Å²) in [7, 11) is 0. The van der Waals surface area contributed by atoms with Crippen molar-refractivity contribution in [1.29, 1.82) is 0 Å². The predicted molar refractivity (Wildman–Crippen MR) is 530 cm³/mol. The summed E-state index contributed by atoms with van der Waals surface area (Å²) in [5.74, 6) is 0. The summed E-state index contributed by atoms with van der Waals surface area (Å²) in [6.45, 7) is 0. The molecule has 0 atom stereocenters. The van der Waals surface area contributed by atoms with Gasteiger partial charge in [0.25, 0.3) is 0 Å². The number of imidazole rings is 3. The number of hydrogen-bond acceptors (Lipinski definition) is 6. The fourth-order valence-electron chi connectivity index (χ4n) is 21.9. The van der Waals surface area contributed by atoms with E-state index in [9.17, 15) is 0 Å². The molecule has 30 rings (SSSR count). The lowest BCUT2D eigenvalue weighted by Crippen LogP contribution is -2.00. The van der Waals surface area contributed by atoms with Gasteiger partial charge >= 0.3 is 0 Å². The first kappa shape index (κ1) is 70.7. The molecule has 0 spiro atoms. The first-order valence-electron chi connectivity index (χ1n) is 43.6. The summed E-state index contributed by atoms with van der Waals surface area (Å²) < 4.78 is 21.3. The molecule has 0 aliphatic rings. The summed E-state index contributed by atoms with van der Waals surface area (Å²) in [4.78, 5) is 29.0. The lowest BCUT2D eigenvalue weighted by molar-refractivity contribution is 1.15. The third-order valence-corrected chi connectivity index (χ3v) is 26.7. The van der Waals surface area contributed by atoms with Crippen molar-refractivity contribution >= 4 is 213 Å². The molecule has 15 heterocycles. The topological polar surface area (TPSA) is 120 Å². The maximum atomic E-state index is 4.89. The van der Waals surface area contributed by atoms with Gasteiger partial charge in [-0.3, -0.25) is 28.2 Å². The molecule has 0 N–H and O–H groups in total. The van der Waals surface area contributed by atoms with Crippen LogP contribution in [0.1, 0.15) is 0 Å². The Morgan fingerprint density at radius 3 is 0.860 bits per heavy atom. The molecule has 15 heteroatoms. The molecular formula is C114H69N15. The Kier molecular flexibility index (Phi) is 15.0. The largest absolute Gasteiger partial charge is 0.309 e. The van der Waals surface area contributed by atoms with Gasteiger partial charge in [0.15, 0.2) is 16.9 Å². The molecule has 15 aromatic heterocycles. The summed E-state index contributed by atoms with van der Waals surface area (Å²) in [5, 5.41) is 21.5. The van der Waals surface area contributed by atoms with Crippen LogP contribution < -0.4 is 0 Å². The molecule has 0 aliphatic carbocycles. The molecular weight excluding hydrogens is 1580 g/mol. The molecule has 0 radical (unpaired) electrons. The van der Waals surface area contributed by atoms with Gasteiger partial charge in [0.1, 0.15) is 16.6 Å². The minimum absolute atomic E-state index is 0.861. The van der Waals surface area contributed by atoms with Crippen LogP contribution in [0.25, 0.3) is 247 Å². The maximum absolute atomic E-state index is 4.89. The van der Waals surface area contributed by atoms with Gasteiger partial charge in [-0.15, -0.1) is 0 Å². The zero-order valence-corrected chi connectivity index (χ0v) is 69.0. The Morgan fingerprint density at radius 2 is 0.411 bits per heavy atom. The average Bonchev–Trinajstić information content (AvgIpc) is 1.51. The van der Waals surface area contributed by atoms with Crippen LogP contribution in [0.2, 0.25) is 0 Å². The second-order valence-electron chi connectivity index (χ2n) is 33.2. The molecule has 129 heavy (non-hydrogen) atoms. The number of fused-ring (bicyclic) bond motifs is 44. The Bertz CT molecular complexity index is 9900. The van der Waals surface area contributed by atoms with Crippen LogP contribution in [0.4, 0.5) is 0 Å². The van der Waals surface area contributed by atoms with Crippen molar-refractivity contribution in [3.05, 3.63) is 420 Å². The molecule has 15 aromatic carbocycles. The Morgan fingerprint density at radius 1 is 0.140 bits per heavy atom. The highest BCUT2D eigenvalue weighted by Crippen LogP contribution is 2.53. The van der Waals surface area contributed by atoms with Gasteiger partial charge < -0.3 is 27.4 Å². The quantitative estimate of drug-likeness (QED) is 0.153. The van der Waals surface area contributed by atoms with E-state index < -0.39 is 0 Å². The normalized spacial score (nSPS) is 12.2. The lowest BCUT2D eigenvalue weighted by atomic mass is 9.98. The number of nitrogens with zero attached hydrogens (tertiary/aromatic N) is 15. The van der Waals surface area contributed by atoms with Crippen LogP contribution in [0, 0.1) is 0 Å². The molecule has 0 saturated heterocycles. The van der Waals surface area contributed by atoms with Crippen molar-refractivity contribution in [3.63, 3.8) is 0 Å². The molecule has 0 aliphatic heterocycles. The second-order valence-corrected chi connectivity index (χ2v) is 33.2. The van der Waals surface area contributed by atoms with E-state index in [0.29, 0.717) is 0 Å². The van der Waals surface area contributed by atoms with E-state index in [1.807, 2.05) is 61.6 Å². The van der Waals surface area contributed by atoms with Gasteiger partial charge in [0.2, 0.25) is 0 Å². The van der Waals surface area contributed by atoms with E-state index in [2.05, 4.69) is 399 Å². The Labute approximate surface area is 732 Å². The van der Waals surface area contributed by atoms with Crippen molar-refractivity contribution in [2.45, 2.75) is 0 Å². The van der Waals surface area contributed by atoms with Gasteiger partial charge in [-0.05, 0) is 140 Å². The standard InChI is InChI=1S/3C38H23N5/c1-3-12-24(13-4-1)42-29-19-9-7-16-26(29)31-32-28-18-11-21-39-34(28)38-40-22-23-41(38)35(32)33-27-17-8-10-20-30(27)43(37(33)36(31)42)25-14-5-2-6-15-25;1-3-12-24(13-4-1)42-29-19-9-7-16-26(29)31-32-28-18-11-21-39-34(28)38-40-22-23-41(38)36(32)37-33(35(31)42)27-17-8-10-20-30(27)43(37)25-14-5-2-6-15-25;1-3-10-24(11-4-1)42-29-16-8-7-14-26(29)35-32(42)18-17-28-34-31(43(37(28)35)25-12-5-2-6-13-25)20-19-30-33(34)27-15-9-21-39-36(27)38-40-22-23-41(30)38/h3*1-23H. The highest BCUT2D eigenvalue weighted by molar-refractivity contribution is 6.43.